The molecule has 0 unspecified atom stereocenters. The third kappa shape index (κ3) is 3.07. The van der Waals surface area contributed by atoms with Crippen LogP contribution in [0.15, 0.2) is 60.8 Å². The van der Waals surface area contributed by atoms with E-state index in [1.54, 1.807) is 25.1 Å². The molecule has 0 aliphatic carbocycles. The van der Waals surface area contributed by atoms with Gasteiger partial charge < -0.3 is 13.9 Å². The van der Waals surface area contributed by atoms with Crippen LogP contribution in [-0.2, 0) is 11.3 Å². The second kappa shape index (κ2) is 7.31. The molecule has 0 fully saturated rings. The minimum Gasteiger partial charge on any atom is -0.489 e. The fourth-order valence-electron chi connectivity index (χ4n) is 3.25. The van der Waals surface area contributed by atoms with Crippen molar-refractivity contribution in [1.29, 1.82) is 0 Å². The molecule has 0 aliphatic heterocycles. The van der Waals surface area contributed by atoms with Gasteiger partial charge in [-0.1, -0.05) is 12.1 Å². The fraction of sp³-hybridized carbons (Fsp3) is 0.136. The second-order valence-electron chi connectivity index (χ2n) is 6.22. The number of hydrogen-bond donors (Lipinski definition) is 0. The number of fused-ring (bicyclic) bond motifs is 3. The van der Waals surface area contributed by atoms with E-state index < -0.39 is 17.6 Å². The summed E-state index contributed by atoms with van der Waals surface area (Å²) in [4.78, 5) is 12.5. The topological polar surface area (TPSA) is 39.9 Å². The molecule has 6 heteroatoms. The highest BCUT2D eigenvalue weighted by molar-refractivity contribution is 6.11. The molecule has 0 N–H and O–H groups in total. The Labute approximate surface area is 159 Å². The normalized spacial score (nSPS) is 11.1. The molecule has 142 valence electrons. The summed E-state index contributed by atoms with van der Waals surface area (Å²) in [6, 6.07) is 14.4. The summed E-state index contributed by atoms with van der Waals surface area (Å²) in [5, 5.41) is 0.717. The minimum atomic E-state index is -0.654. The van der Waals surface area contributed by atoms with Crippen molar-refractivity contribution in [1.82, 2.24) is 4.40 Å². The fourth-order valence-corrected chi connectivity index (χ4v) is 3.25. The van der Waals surface area contributed by atoms with Crippen LogP contribution >= 0.6 is 0 Å². The Morgan fingerprint density at radius 3 is 2.54 bits per heavy atom. The van der Waals surface area contributed by atoms with E-state index in [1.165, 1.54) is 18.2 Å². The molecule has 4 nitrogen and oxygen atoms in total. The monoisotopic (exact) mass is 381 g/mol. The first-order valence-electron chi connectivity index (χ1n) is 8.85. The molecule has 0 saturated carbocycles. The smallest absolute Gasteiger partial charge is 0.340 e. The van der Waals surface area contributed by atoms with Gasteiger partial charge in [0.15, 0.2) is 0 Å². The second-order valence-corrected chi connectivity index (χ2v) is 6.22. The highest BCUT2D eigenvalue weighted by Crippen LogP contribution is 2.30. The molecule has 4 rings (SSSR count). The minimum absolute atomic E-state index is 0.130. The molecule has 2 aromatic heterocycles. The number of carbonyl (C=O) groups is 1. The average molecular weight is 381 g/mol. The molecule has 2 heterocycles. The van der Waals surface area contributed by atoms with Crippen LogP contribution in [0.4, 0.5) is 8.78 Å². The van der Waals surface area contributed by atoms with E-state index in [0.717, 1.165) is 5.52 Å². The zero-order valence-corrected chi connectivity index (χ0v) is 15.1. The largest absolute Gasteiger partial charge is 0.489 e. The van der Waals surface area contributed by atoms with Crippen LogP contribution in [0.2, 0.25) is 0 Å². The summed E-state index contributed by atoms with van der Waals surface area (Å²) in [6.07, 6.45) is 1.83. The maximum atomic E-state index is 13.8. The van der Waals surface area contributed by atoms with Crippen molar-refractivity contribution in [2.24, 2.45) is 0 Å². The molecular formula is C22H17F2NO3. The lowest BCUT2D eigenvalue weighted by atomic mass is 10.1. The van der Waals surface area contributed by atoms with Gasteiger partial charge in [-0.2, -0.15) is 0 Å². The van der Waals surface area contributed by atoms with Gasteiger partial charge in [0.2, 0.25) is 0 Å². The molecule has 0 bridgehead atoms. The molecule has 28 heavy (non-hydrogen) atoms. The third-order valence-electron chi connectivity index (χ3n) is 4.54. The van der Waals surface area contributed by atoms with E-state index in [0.29, 0.717) is 22.2 Å². The number of pyridine rings is 1. The van der Waals surface area contributed by atoms with Crippen molar-refractivity contribution in [3.8, 4) is 5.75 Å². The van der Waals surface area contributed by atoms with Gasteiger partial charge in [-0.3, -0.25) is 0 Å². The predicted molar refractivity (Wildman–Crippen MR) is 102 cm³/mol. The standard InChI is InChI=1S/C22H17F2NO3/c1-2-27-22(26)21-15-10-9-14(12-20(15)25-11-4-3-8-19(21)25)28-13-16-17(23)6-5-7-18(16)24/h3-12H,2,13H2,1H3. The van der Waals surface area contributed by atoms with Crippen LogP contribution in [-0.4, -0.2) is 17.0 Å². The number of hydrogen-bond acceptors (Lipinski definition) is 3. The molecule has 0 spiro atoms. The summed E-state index contributed by atoms with van der Waals surface area (Å²) in [5.41, 5.74) is 1.80. The van der Waals surface area contributed by atoms with Crippen molar-refractivity contribution in [3.63, 3.8) is 0 Å². The number of aromatic nitrogens is 1. The lowest BCUT2D eigenvalue weighted by Gasteiger charge is -2.08. The van der Waals surface area contributed by atoms with E-state index in [9.17, 15) is 13.6 Å². The van der Waals surface area contributed by atoms with Crippen LogP contribution in [0.25, 0.3) is 16.4 Å². The van der Waals surface area contributed by atoms with E-state index in [2.05, 4.69) is 0 Å². The molecular weight excluding hydrogens is 364 g/mol. The predicted octanol–water partition coefficient (Wildman–Crippen LogP) is 5.13. The summed E-state index contributed by atoms with van der Waals surface area (Å²) in [6.45, 7) is 1.80. The maximum absolute atomic E-state index is 13.8. The maximum Gasteiger partial charge on any atom is 0.340 e. The highest BCUT2D eigenvalue weighted by Gasteiger charge is 2.19. The molecule has 0 aliphatic rings. The van der Waals surface area contributed by atoms with E-state index in [1.807, 2.05) is 28.8 Å². The Kier molecular flexibility index (Phi) is 4.69. The number of rotatable bonds is 5. The van der Waals surface area contributed by atoms with Gasteiger partial charge in [-0.15, -0.1) is 0 Å². The Bertz CT molecular complexity index is 1160. The SMILES string of the molecule is CCOC(=O)c1c2ccc(OCc3c(F)cccc3F)cc2n2ccccc12. The Morgan fingerprint density at radius 2 is 1.79 bits per heavy atom. The summed E-state index contributed by atoms with van der Waals surface area (Å²) < 4.78 is 40.3. The van der Waals surface area contributed by atoms with Crippen molar-refractivity contribution in [2.75, 3.05) is 6.61 Å². The van der Waals surface area contributed by atoms with E-state index in [4.69, 9.17) is 9.47 Å². The molecule has 2 aromatic carbocycles. The van der Waals surface area contributed by atoms with Crippen LogP contribution in [0.1, 0.15) is 22.8 Å². The first-order valence-corrected chi connectivity index (χ1v) is 8.85. The lowest BCUT2D eigenvalue weighted by Crippen LogP contribution is -2.04. The highest BCUT2D eigenvalue weighted by atomic mass is 19.1. The van der Waals surface area contributed by atoms with Crippen molar-refractivity contribution >= 4 is 22.4 Å². The zero-order valence-electron chi connectivity index (χ0n) is 15.1. The number of nitrogens with zero attached hydrogens (tertiary/aromatic N) is 1. The van der Waals surface area contributed by atoms with Crippen molar-refractivity contribution < 1.29 is 23.0 Å². The number of benzene rings is 2. The lowest BCUT2D eigenvalue weighted by molar-refractivity contribution is 0.0531. The number of ether oxygens (including phenoxy) is 2. The van der Waals surface area contributed by atoms with Gasteiger partial charge in [0.05, 0.1) is 28.8 Å². The van der Waals surface area contributed by atoms with Gasteiger partial charge >= 0.3 is 5.97 Å². The average Bonchev–Trinajstić information content (AvgIpc) is 3.02. The quantitative estimate of drug-likeness (QED) is 0.450. The van der Waals surface area contributed by atoms with Gasteiger partial charge in [-0.05, 0) is 43.3 Å². The van der Waals surface area contributed by atoms with E-state index >= 15 is 0 Å². The molecule has 0 atom stereocenters. The number of halogens is 2. The van der Waals surface area contributed by atoms with Gasteiger partial charge in [0.25, 0.3) is 0 Å². The van der Waals surface area contributed by atoms with Gasteiger partial charge in [0.1, 0.15) is 24.0 Å². The molecule has 0 saturated heterocycles. The number of carbonyl (C=O) groups excluding carboxylic acids is 1. The summed E-state index contributed by atoms with van der Waals surface area (Å²) in [7, 11) is 0. The van der Waals surface area contributed by atoms with Gasteiger partial charge in [0, 0.05) is 17.6 Å². The van der Waals surface area contributed by atoms with E-state index in [-0.39, 0.29) is 18.8 Å². The molecule has 0 amide bonds. The summed E-state index contributed by atoms with van der Waals surface area (Å²) in [5.74, 6) is -1.27. The van der Waals surface area contributed by atoms with Crippen LogP contribution < -0.4 is 4.74 Å². The Hall–Kier alpha value is -3.41. The first-order chi connectivity index (χ1) is 13.6. The van der Waals surface area contributed by atoms with Crippen LogP contribution in [0.3, 0.4) is 0 Å². The van der Waals surface area contributed by atoms with Crippen molar-refractivity contribution in [3.05, 3.63) is 83.6 Å². The first kappa shape index (κ1) is 18.0. The number of esters is 1. The third-order valence-corrected chi connectivity index (χ3v) is 4.54. The Morgan fingerprint density at radius 1 is 1.00 bits per heavy atom. The Balaban J connectivity index is 1.75. The van der Waals surface area contributed by atoms with Crippen LogP contribution in [0, 0.1) is 11.6 Å². The van der Waals surface area contributed by atoms with Gasteiger partial charge in [-0.25, -0.2) is 13.6 Å². The van der Waals surface area contributed by atoms with Crippen LogP contribution in [0.5, 0.6) is 5.75 Å². The van der Waals surface area contributed by atoms with Crippen molar-refractivity contribution in [2.45, 2.75) is 13.5 Å². The summed E-state index contributed by atoms with van der Waals surface area (Å²) >= 11 is 0. The zero-order chi connectivity index (χ0) is 19.7. The molecule has 0 radical (unpaired) electrons. The molecule has 4 aromatic rings.